The first-order valence-corrected chi connectivity index (χ1v) is 5.86. The van der Waals surface area contributed by atoms with Crippen molar-refractivity contribution in [2.45, 2.75) is 25.8 Å². The number of halogens is 5. The molecule has 0 saturated heterocycles. The van der Waals surface area contributed by atoms with Crippen LogP contribution in [0.1, 0.15) is 30.1 Å². The number of carbonyl (C=O) groups is 1. The zero-order valence-corrected chi connectivity index (χ0v) is 10.6. The average molecular weight is 296 g/mol. The van der Waals surface area contributed by atoms with Gasteiger partial charge in [0.05, 0.1) is 0 Å². The third-order valence-corrected chi connectivity index (χ3v) is 2.62. The molecule has 0 radical (unpaired) electrons. The zero-order chi connectivity index (χ0) is 15.4. The number of benzene rings is 1. The first kappa shape index (κ1) is 16.4. The third kappa shape index (κ3) is 3.24. The second-order valence-electron chi connectivity index (χ2n) is 4.20. The van der Waals surface area contributed by atoms with Gasteiger partial charge >= 0.3 is 0 Å². The number of hydrogen-bond acceptors (Lipinski definition) is 2. The van der Waals surface area contributed by atoms with E-state index < -0.39 is 46.6 Å². The van der Waals surface area contributed by atoms with Crippen molar-refractivity contribution in [3.8, 4) is 0 Å². The van der Waals surface area contributed by atoms with Gasteiger partial charge in [-0.1, -0.05) is 13.3 Å². The van der Waals surface area contributed by atoms with Gasteiger partial charge in [-0.25, -0.2) is 22.0 Å². The van der Waals surface area contributed by atoms with Crippen molar-refractivity contribution < 1.29 is 26.7 Å². The van der Waals surface area contributed by atoms with Gasteiger partial charge in [0.15, 0.2) is 23.3 Å². The molecule has 1 rings (SSSR count). The third-order valence-electron chi connectivity index (χ3n) is 2.62. The highest BCUT2D eigenvalue weighted by atomic mass is 19.2. The smallest absolute Gasteiger partial charge is 0.257 e. The van der Waals surface area contributed by atoms with E-state index in [4.69, 9.17) is 5.73 Å². The molecule has 0 heterocycles. The SMILES string of the molecule is CCCC(N)CNC(=O)c1c(F)c(F)c(F)c(F)c1F. The summed E-state index contributed by atoms with van der Waals surface area (Å²) in [4.78, 5) is 11.5. The minimum atomic E-state index is -2.31. The van der Waals surface area contributed by atoms with E-state index in [1.54, 1.807) is 0 Å². The lowest BCUT2D eigenvalue weighted by atomic mass is 10.1. The van der Waals surface area contributed by atoms with Gasteiger partial charge in [-0.15, -0.1) is 0 Å². The van der Waals surface area contributed by atoms with Gasteiger partial charge in [0.25, 0.3) is 5.91 Å². The predicted molar refractivity (Wildman–Crippen MR) is 61.4 cm³/mol. The highest BCUT2D eigenvalue weighted by Gasteiger charge is 2.29. The number of carbonyl (C=O) groups excluding carboxylic acids is 1. The molecule has 0 spiro atoms. The van der Waals surface area contributed by atoms with Crippen molar-refractivity contribution in [1.82, 2.24) is 5.32 Å². The molecule has 0 fully saturated rings. The summed E-state index contributed by atoms with van der Waals surface area (Å²) < 4.78 is 65.3. The van der Waals surface area contributed by atoms with Crippen LogP contribution < -0.4 is 11.1 Å². The van der Waals surface area contributed by atoms with Gasteiger partial charge in [-0.3, -0.25) is 4.79 Å². The summed E-state index contributed by atoms with van der Waals surface area (Å²) in [5.74, 6) is -12.4. The van der Waals surface area contributed by atoms with E-state index in [1.807, 2.05) is 12.2 Å². The van der Waals surface area contributed by atoms with Crippen LogP contribution in [0.15, 0.2) is 0 Å². The molecule has 0 aliphatic rings. The molecule has 3 nitrogen and oxygen atoms in total. The van der Waals surface area contributed by atoms with Gasteiger partial charge < -0.3 is 11.1 Å². The fourth-order valence-electron chi connectivity index (χ4n) is 1.59. The summed E-state index contributed by atoms with van der Waals surface area (Å²) in [5, 5.41) is 2.04. The van der Waals surface area contributed by atoms with Gasteiger partial charge in [-0.2, -0.15) is 0 Å². The molecule has 1 aromatic rings. The minimum absolute atomic E-state index is 0.133. The van der Waals surface area contributed by atoms with E-state index in [0.29, 0.717) is 6.42 Å². The quantitative estimate of drug-likeness (QED) is 0.497. The Morgan fingerprint density at radius 2 is 1.50 bits per heavy atom. The van der Waals surface area contributed by atoms with Crippen molar-refractivity contribution in [2.24, 2.45) is 5.73 Å². The molecule has 1 amide bonds. The summed E-state index contributed by atoms with van der Waals surface area (Å²) in [6.45, 7) is 1.71. The van der Waals surface area contributed by atoms with Crippen LogP contribution in [0.2, 0.25) is 0 Å². The number of hydrogen-bond donors (Lipinski definition) is 2. The Labute approximate surface area is 112 Å². The van der Waals surface area contributed by atoms with E-state index in [-0.39, 0.29) is 6.54 Å². The molecule has 8 heteroatoms. The summed E-state index contributed by atoms with van der Waals surface area (Å²) in [6.07, 6.45) is 1.26. The largest absolute Gasteiger partial charge is 0.350 e. The van der Waals surface area contributed by atoms with Gasteiger partial charge in [0.1, 0.15) is 5.56 Å². The lowest BCUT2D eigenvalue weighted by Crippen LogP contribution is -2.38. The molecular weight excluding hydrogens is 283 g/mol. The first-order chi connectivity index (χ1) is 9.31. The maximum atomic E-state index is 13.3. The molecule has 112 valence electrons. The normalized spacial score (nSPS) is 12.3. The Morgan fingerprint density at radius 1 is 1.05 bits per heavy atom. The molecule has 0 saturated carbocycles. The molecule has 3 N–H and O–H groups in total. The van der Waals surface area contributed by atoms with Crippen LogP contribution in [0.3, 0.4) is 0 Å². The van der Waals surface area contributed by atoms with E-state index in [2.05, 4.69) is 0 Å². The molecule has 1 unspecified atom stereocenters. The lowest BCUT2D eigenvalue weighted by molar-refractivity contribution is 0.0939. The van der Waals surface area contributed by atoms with E-state index in [0.717, 1.165) is 6.42 Å². The molecule has 0 aliphatic heterocycles. The monoisotopic (exact) mass is 296 g/mol. The van der Waals surface area contributed by atoms with Crippen molar-refractivity contribution in [3.63, 3.8) is 0 Å². The summed E-state index contributed by atoms with van der Waals surface area (Å²) in [5.41, 5.74) is 4.05. The molecular formula is C12H13F5N2O. The van der Waals surface area contributed by atoms with E-state index in [1.165, 1.54) is 0 Å². The number of nitrogens with two attached hydrogens (primary N) is 1. The average Bonchev–Trinajstić information content (AvgIpc) is 2.41. The molecule has 0 bridgehead atoms. The van der Waals surface area contributed by atoms with Crippen LogP contribution in [0, 0.1) is 29.1 Å². The van der Waals surface area contributed by atoms with Crippen molar-refractivity contribution in [2.75, 3.05) is 6.54 Å². The number of rotatable bonds is 5. The van der Waals surface area contributed by atoms with Crippen LogP contribution in [0.5, 0.6) is 0 Å². The lowest BCUT2D eigenvalue weighted by Gasteiger charge is -2.13. The Balaban J connectivity index is 3.00. The van der Waals surface area contributed by atoms with Gasteiger partial charge in [0.2, 0.25) is 5.82 Å². The van der Waals surface area contributed by atoms with E-state index in [9.17, 15) is 26.7 Å². The first-order valence-electron chi connectivity index (χ1n) is 5.86. The maximum Gasteiger partial charge on any atom is 0.257 e. The second kappa shape index (κ2) is 6.65. The number of nitrogens with one attached hydrogen (secondary N) is 1. The van der Waals surface area contributed by atoms with Gasteiger partial charge in [-0.05, 0) is 6.42 Å². The molecule has 1 aromatic carbocycles. The zero-order valence-electron chi connectivity index (χ0n) is 10.6. The molecule has 0 aliphatic carbocycles. The molecule has 0 aromatic heterocycles. The molecule has 1 atom stereocenters. The maximum absolute atomic E-state index is 13.3. The second-order valence-corrected chi connectivity index (χ2v) is 4.20. The topological polar surface area (TPSA) is 55.1 Å². The Morgan fingerprint density at radius 3 is 1.95 bits per heavy atom. The van der Waals surface area contributed by atoms with Crippen LogP contribution in [0.4, 0.5) is 22.0 Å². The predicted octanol–water partition coefficient (Wildman–Crippen LogP) is 2.24. The highest BCUT2D eigenvalue weighted by Crippen LogP contribution is 2.22. The highest BCUT2D eigenvalue weighted by molar-refractivity contribution is 5.94. The standard InChI is InChI=1S/C12H13F5N2O/c1-2-3-5(18)4-19-12(20)6-7(13)9(15)11(17)10(16)8(6)14/h5H,2-4,18H2,1H3,(H,19,20). The van der Waals surface area contributed by atoms with Crippen molar-refractivity contribution >= 4 is 5.91 Å². The van der Waals surface area contributed by atoms with Crippen molar-refractivity contribution in [1.29, 1.82) is 0 Å². The minimum Gasteiger partial charge on any atom is -0.350 e. The van der Waals surface area contributed by atoms with Crippen LogP contribution in [-0.2, 0) is 0 Å². The van der Waals surface area contributed by atoms with Crippen LogP contribution in [0.25, 0.3) is 0 Å². The summed E-state index contributed by atoms with van der Waals surface area (Å²) >= 11 is 0. The fourth-order valence-corrected chi connectivity index (χ4v) is 1.59. The van der Waals surface area contributed by atoms with Crippen LogP contribution in [-0.4, -0.2) is 18.5 Å². The Bertz CT molecular complexity index is 492. The fraction of sp³-hybridized carbons (Fsp3) is 0.417. The number of amides is 1. The Kier molecular flexibility index (Phi) is 5.43. The molecule has 20 heavy (non-hydrogen) atoms. The summed E-state index contributed by atoms with van der Waals surface area (Å²) in [7, 11) is 0. The summed E-state index contributed by atoms with van der Waals surface area (Å²) in [6, 6.07) is -0.467. The van der Waals surface area contributed by atoms with Gasteiger partial charge in [0, 0.05) is 12.6 Å². The van der Waals surface area contributed by atoms with Crippen LogP contribution >= 0.6 is 0 Å². The van der Waals surface area contributed by atoms with Crippen molar-refractivity contribution in [3.05, 3.63) is 34.6 Å². The van der Waals surface area contributed by atoms with E-state index >= 15 is 0 Å². The Hall–Kier alpha value is -1.70.